The summed E-state index contributed by atoms with van der Waals surface area (Å²) in [5, 5.41) is 12.3. The van der Waals surface area contributed by atoms with Gasteiger partial charge in [0, 0.05) is 35.8 Å². The van der Waals surface area contributed by atoms with Crippen LogP contribution in [-0.4, -0.2) is 58.4 Å². The van der Waals surface area contributed by atoms with Gasteiger partial charge in [-0.2, -0.15) is 28.1 Å². The molecule has 1 heterocycles. The van der Waals surface area contributed by atoms with Gasteiger partial charge in [0.1, 0.15) is 0 Å². The van der Waals surface area contributed by atoms with Gasteiger partial charge in [-0.25, -0.2) is 0 Å². The summed E-state index contributed by atoms with van der Waals surface area (Å²) in [4.78, 5) is 50.7. The predicted molar refractivity (Wildman–Crippen MR) is 207 cm³/mol. The topological polar surface area (TPSA) is 147 Å². The van der Waals surface area contributed by atoms with E-state index in [1.165, 1.54) is 0 Å². The molecule has 0 aliphatic heterocycles. The summed E-state index contributed by atoms with van der Waals surface area (Å²) < 4.78 is 43.7. The quantitative estimate of drug-likeness (QED) is 0.0741. The Bertz CT molecular complexity index is 2160. The van der Waals surface area contributed by atoms with Crippen molar-refractivity contribution in [3.8, 4) is 17.1 Å². The Balaban J connectivity index is 1.01. The number of nitrogens with one attached hydrogen (secondary N) is 4. The fourth-order valence-corrected chi connectivity index (χ4v) is 5.85. The van der Waals surface area contributed by atoms with E-state index in [0.29, 0.717) is 16.3 Å². The molecular weight excluding hydrogens is 747 g/mol. The van der Waals surface area contributed by atoms with Gasteiger partial charge in [0.05, 0.1) is 5.54 Å². The van der Waals surface area contributed by atoms with E-state index in [-0.39, 0.29) is 37.3 Å². The summed E-state index contributed by atoms with van der Waals surface area (Å²) in [6.45, 7) is 2.44. The third kappa shape index (κ3) is 11.0. The lowest BCUT2D eigenvalue weighted by Crippen LogP contribution is -2.44. The molecule has 0 bridgehead atoms. The van der Waals surface area contributed by atoms with Gasteiger partial charge in [-0.15, -0.1) is 0 Å². The standard InChI is InChI=1S/C41H39ClF3N7O4/c1-39(2,24-47-35(55)33(53)22-26-8-10-28(11-9-26)27-6-4-3-5-7-27)23-46-34(54)29-12-18-32(19-13-29)48-36-49-37(51-38(50-36)56-25-41(43,44)45)52-40(20-21-40)30-14-16-31(42)17-15-30/h3-19H,20-25H2,1-2H3,(H,46,54)(H,47,55)(H2,48,49,50,51,52). The van der Waals surface area contributed by atoms with E-state index in [2.05, 4.69) is 36.2 Å². The average Bonchev–Trinajstić information content (AvgIpc) is 3.96. The van der Waals surface area contributed by atoms with Gasteiger partial charge in [-0.3, -0.25) is 14.4 Å². The second-order valence-corrected chi connectivity index (χ2v) is 14.7. The van der Waals surface area contributed by atoms with Crippen molar-refractivity contribution in [1.82, 2.24) is 25.6 Å². The lowest BCUT2D eigenvalue weighted by atomic mass is 9.93. The van der Waals surface area contributed by atoms with E-state index >= 15 is 0 Å². The van der Waals surface area contributed by atoms with E-state index in [1.807, 2.05) is 80.6 Å². The molecular formula is C41H39ClF3N7O4. The van der Waals surface area contributed by atoms with Crippen molar-refractivity contribution in [2.24, 2.45) is 5.41 Å². The number of anilines is 3. The maximum atomic E-state index is 13.0. The summed E-state index contributed by atoms with van der Waals surface area (Å²) in [6.07, 6.45) is -3.17. The van der Waals surface area contributed by atoms with E-state index < -0.39 is 41.4 Å². The largest absolute Gasteiger partial charge is 0.454 e. The highest BCUT2D eigenvalue weighted by Gasteiger charge is 2.45. The molecule has 0 radical (unpaired) electrons. The third-order valence-corrected chi connectivity index (χ3v) is 9.27. The number of ketones is 1. The average molecular weight is 786 g/mol. The predicted octanol–water partition coefficient (Wildman–Crippen LogP) is 7.66. The Kier molecular flexibility index (Phi) is 11.9. The highest BCUT2D eigenvalue weighted by molar-refractivity contribution is 6.36. The van der Waals surface area contributed by atoms with Crippen LogP contribution in [0.25, 0.3) is 11.1 Å². The first-order valence-electron chi connectivity index (χ1n) is 17.8. The van der Waals surface area contributed by atoms with Crippen molar-refractivity contribution in [3.05, 3.63) is 125 Å². The molecule has 1 fully saturated rings. The number of Topliss-reactive ketones (excluding diaryl/α,β-unsaturated/α-hetero) is 1. The van der Waals surface area contributed by atoms with Crippen LogP contribution in [0.5, 0.6) is 6.01 Å². The number of hydrogen-bond donors (Lipinski definition) is 4. The summed E-state index contributed by atoms with van der Waals surface area (Å²) in [7, 11) is 0. The molecule has 4 N–H and O–H groups in total. The van der Waals surface area contributed by atoms with Crippen molar-refractivity contribution >= 4 is 46.8 Å². The lowest BCUT2D eigenvalue weighted by molar-refractivity contribution is -0.154. The van der Waals surface area contributed by atoms with Crippen molar-refractivity contribution in [2.45, 2.75) is 44.8 Å². The van der Waals surface area contributed by atoms with Crippen molar-refractivity contribution in [3.63, 3.8) is 0 Å². The zero-order valence-electron chi connectivity index (χ0n) is 30.5. The third-order valence-electron chi connectivity index (χ3n) is 9.01. The van der Waals surface area contributed by atoms with Crippen LogP contribution in [0.4, 0.5) is 30.8 Å². The number of carbonyl (C=O) groups is 3. The Morgan fingerprint density at radius 3 is 2.04 bits per heavy atom. The van der Waals surface area contributed by atoms with Gasteiger partial charge >= 0.3 is 12.2 Å². The van der Waals surface area contributed by atoms with Crippen LogP contribution in [0.2, 0.25) is 5.02 Å². The van der Waals surface area contributed by atoms with Crippen LogP contribution in [0.3, 0.4) is 0 Å². The molecule has 1 aromatic heterocycles. The highest BCUT2D eigenvalue weighted by atomic mass is 35.5. The molecule has 0 unspecified atom stereocenters. The number of carbonyl (C=O) groups excluding carboxylic acids is 3. The fourth-order valence-electron chi connectivity index (χ4n) is 5.72. The minimum absolute atomic E-state index is 0.0140. The second-order valence-electron chi connectivity index (χ2n) is 14.3. The molecule has 0 spiro atoms. The van der Waals surface area contributed by atoms with E-state index in [0.717, 1.165) is 35.1 Å². The number of halogens is 4. The second kappa shape index (κ2) is 16.8. The van der Waals surface area contributed by atoms with Gasteiger partial charge in [-0.1, -0.05) is 92.2 Å². The Hall–Kier alpha value is -6.02. The highest BCUT2D eigenvalue weighted by Crippen LogP contribution is 2.48. The molecule has 2 amide bonds. The van der Waals surface area contributed by atoms with E-state index in [4.69, 9.17) is 16.3 Å². The zero-order chi connectivity index (χ0) is 39.9. The van der Waals surface area contributed by atoms with Gasteiger partial charge < -0.3 is 26.0 Å². The van der Waals surface area contributed by atoms with E-state index in [1.54, 1.807) is 36.4 Å². The summed E-state index contributed by atoms with van der Waals surface area (Å²) in [6, 6.07) is 30.3. The minimum Gasteiger partial charge on any atom is -0.454 e. The molecule has 1 aliphatic carbocycles. The first kappa shape index (κ1) is 39.7. The molecule has 56 heavy (non-hydrogen) atoms. The summed E-state index contributed by atoms with van der Waals surface area (Å²) in [5.74, 6) is -1.71. The molecule has 0 saturated heterocycles. The van der Waals surface area contributed by atoms with Crippen LogP contribution in [0.1, 0.15) is 48.2 Å². The molecule has 4 aromatic carbocycles. The Morgan fingerprint density at radius 2 is 1.39 bits per heavy atom. The number of amides is 2. The molecule has 1 saturated carbocycles. The van der Waals surface area contributed by atoms with Crippen LogP contribution in [0, 0.1) is 5.41 Å². The van der Waals surface area contributed by atoms with Crippen molar-refractivity contribution < 1.29 is 32.3 Å². The summed E-state index contributed by atoms with van der Waals surface area (Å²) >= 11 is 6.04. The first-order valence-corrected chi connectivity index (χ1v) is 18.1. The van der Waals surface area contributed by atoms with Crippen LogP contribution >= 0.6 is 11.6 Å². The molecule has 290 valence electrons. The number of ether oxygens (including phenoxy) is 1. The molecule has 5 aromatic rings. The van der Waals surface area contributed by atoms with Gasteiger partial charge in [-0.05, 0) is 76.9 Å². The smallest absolute Gasteiger partial charge is 0.422 e. The minimum atomic E-state index is -4.61. The van der Waals surface area contributed by atoms with Crippen LogP contribution in [-0.2, 0) is 21.5 Å². The maximum Gasteiger partial charge on any atom is 0.422 e. The fraction of sp³-hybridized carbons (Fsp3) is 0.268. The number of aromatic nitrogens is 3. The molecule has 1 aliphatic rings. The lowest BCUT2D eigenvalue weighted by Gasteiger charge is -2.25. The van der Waals surface area contributed by atoms with E-state index in [9.17, 15) is 27.6 Å². The molecule has 0 atom stereocenters. The van der Waals surface area contributed by atoms with Gasteiger partial charge in [0.15, 0.2) is 6.61 Å². The monoisotopic (exact) mass is 785 g/mol. The Labute approximate surface area is 326 Å². The van der Waals surface area contributed by atoms with Crippen LogP contribution in [0.15, 0.2) is 103 Å². The number of nitrogens with zero attached hydrogens (tertiary/aromatic N) is 3. The molecule has 11 nitrogen and oxygen atoms in total. The maximum absolute atomic E-state index is 13.0. The number of alkyl halides is 3. The van der Waals surface area contributed by atoms with Crippen molar-refractivity contribution in [2.75, 3.05) is 30.3 Å². The first-order chi connectivity index (χ1) is 26.7. The molecule has 15 heteroatoms. The summed E-state index contributed by atoms with van der Waals surface area (Å²) in [5.41, 5.74) is 3.38. The number of hydrogen-bond acceptors (Lipinski definition) is 9. The van der Waals surface area contributed by atoms with Gasteiger partial charge in [0.2, 0.25) is 17.7 Å². The molecule has 6 rings (SSSR count). The number of benzene rings is 4. The SMILES string of the molecule is CC(C)(CNC(=O)C(=O)Cc1ccc(-c2ccccc2)cc1)CNC(=O)c1ccc(Nc2nc(NC3(c4ccc(Cl)cc4)CC3)nc(OCC(F)(F)F)n2)cc1. The zero-order valence-corrected chi connectivity index (χ0v) is 31.3. The number of rotatable bonds is 16. The Morgan fingerprint density at radius 1 is 0.768 bits per heavy atom. The normalized spacial score (nSPS) is 13.3. The van der Waals surface area contributed by atoms with Crippen molar-refractivity contribution in [1.29, 1.82) is 0 Å². The van der Waals surface area contributed by atoms with Gasteiger partial charge in [0.25, 0.3) is 11.8 Å². The van der Waals surface area contributed by atoms with Crippen LogP contribution < -0.4 is 26.0 Å².